The third kappa shape index (κ3) is 4.70. The van der Waals surface area contributed by atoms with E-state index < -0.39 is 0 Å². The van der Waals surface area contributed by atoms with Gasteiger partial charge in [-0.3, -0.25) is 9.48 Å². The van der Waals surface area contributed by atoms with Gasteiger partial charge >= 0.3 is 0 Å². The van der Waals surface area contributed by atoms with Crippen molar-refractivity contribution in [2.45, 2.75) is 43.8 Å². The van der Waals surface area contributed by atoms with Gasteiger partial charge in [0.15, 0.2) is 0 Å². The number of aromatic nitrogens is 3. The Kier molecular flexibility index (Phi) is 6.36. The number of thioether (sulfide) groups is 1. The van der Waals surface area contributed by atoms with Crippen molar-refractivity contribution >= 4 is 45.7 Å². The standard InChI is InChI=1S/C26H29N5OS2/c1-17-11-24(30(3)28-17)26(32)31(21-6-7-21)15-20-12-19-5-8-22(33-4)13-23(19)27-25(20)29(2)14-18-9-10-34-16-18/h5,8-13,16,21H,6-7,14-15H2,1-4H3. The van der Waals surface area contributed by atoms with E-state index in [-0.39, 0.29) is 11.9 Å². The molecule has 1 amide bonds. The normalized spacial score (nSPS) is 13.4. The number of carbonyl (C=O) groups is 1. The van der Waals surface area contributed by atoms with Gasteiger partial charge in [0.1, 0.15) is 11.5 Å². The Morgan fingerprint density at radius 1 is 1.21 bits per heavy atom. The minimum atomic E-state index is 0.0369. The highest BCUT2D eigenvalue weighted by molar-refractivity contribution is 7.98. The van der Waals surface area contributed by atoms with E-state index in [9.17, 15) is 4.79 Å². The van der Waals surface area contributed by atoms with Gasteiger partial charge in [-0.15, -0.1) is 11.8 Å². The van der Waals surface area contributed by atoms with Crippen LogP contribution in [0, 0.1) is 6.92 Å². The fraction of sp³-hybridized carbons (Fsp3) is 0.346. The molecular formula is C26H29N5OS2. The lowest BCUT2D eigenvalue weighted by molar-refractivity contribution is 0.0719. The summed E-state index contributed by atoms with van der Waals surface area (Å²) >= 11 is 3.43. The maximum Gasteiger partial charge on any atom is 0.272 e. The summed E-state index contributed by atoms with van der Waals surface area (Å²) in [7, 11) is 3.92. The van der Waals surface area contributed by atoms with E-state index in [1.165, 1.54) is 10.5 Å². The number of thiophene rings is 1. The molecule has 8 heteroatoms. The zero-order valence-corrected chi connectivity index (χ0v) is 21.6. The topological polar surface area (TPSA) is 54.3 Å². The molecule has 0 unspecified atom stereocenters. The Balaban J connectivity index is 1.54. The average Bonchev–Trinajstić information content (AvgIpc) is 3.43. The van der Waals surface area contributed by atoms with Gasteiger partial charge < -0.3 is 9.80 Å². The molecule has 1 aliphatic carbocycles. The molecule has 6 nitrogen and oxygen atoms in total. The molecule has 5 rings (SSSR count). The van der Waals surface area contributed by atoms with Crippen LogP contribution in [-0.4, -0.2) is 44.9 Å². The second-order valence-electron chi connectivity index (χ2n) is 8.98. The number of aryl methyl sites for hydroxylation is 2. The predicted molar refractivity (Wildman–Crippen MR) is 141 cm³/mol. The Hall–Kier alpha value is -2.84. The molecule has 3 heterocycles. The molecular weight excluding hydrogens is 462 g/mol. The molecule has 0 N–H and O–H groups in total. The lowest BCUT2D eigenvalue weighted by Gasteiger charge is -2.27. The van der Waals surface area contributed by atoms with Gasteiger partial charge in [0.2, 0.25) is 0 Å². The maximum atomic E-state index is 13.6. The number of hydrogen-bond acceptors (Lipinski definition) is 6. The van der Waals surface area contributed by atoms with Crippen LogP contribution in [0.2, 0.25) is 0 Å². The number of fused-ring (bicyclic) bond motifs is 1. The smallest absolute Gasteiger partial charge is 0.272 e. The third-order valence-electron chi connectivity index (χ3n) is 6.25. The molecule has 0 aliphatic heterocycles. The largest absolute Gasteiger partial charge is 0.355 e. The summed E-state index contributed by atoms with van der Waals surface area (Å²) < 4.78 is 1.69. The first-order valence-corrected chi connectivity index (χ1v) is 13.6. The van der Waals surface area contributed by atoms with Gasteiger partial charge in [0.05, 0.1) is 11.2 Å². The molecule has 0 radical (unpaired) electrons. The van der Waals surface area contributed by atoms with Crippen LogP contribution in [0.15, 0.2) is 52.1 Å². The zero-order valence-electron chi connectivity index (χ0n) is 20.0. The van der Waals surface area contributed by atoms with Crippen molar-refractivity contribution in [3.63, 3.8) is 0 Å². The SMILES string of the molecule is CSc1ccc2cc(CN(C(=O)c3cc(C)nn3C)C3CC3)c(N(C)Cc3ccsc3)nc2c1. The Morgan fingerprint density at radius 2 is 2.03 bits per heavy atom. The van der Waals surface area contributed by atoms with Crippen molar-refractivity contribution in [3.05, 3.63) is 69.7 Å². The fourth-order valence-electron chi connectivity index (χ4n) is 4.38. The van der Waals surface area contributed by atoms with Crippen LogP contribution in [0.5, 0.6) is 0 Å². The van der Waals surface area contributed by atoms with Gasteiger partial charge in [-0.2, -0.15) is 16.4 Å². The molecule has 34 heavy (non-hydrogen) atoms. The minimum absolute atomic E-state index is 0.0369. The molecule has 0 atom stereocenters. The summed E-state index contributed by atoms with van der Waals surface area (Å²) in [5.74, 6) is 0.964. The molecule has 1 aromatic carbocycles. The van der Waals surface area contributed by atoms with E-state index in [0.717, 1.165) is 47.4 Å². The van der Waals surface area contributed by atoms with Crippen molar-refractivity contribution in [2.75, 3.05) is 18.2 Å². The number of pyridine rings is 1. The van der Waals surface area contributed by atoms with Crippen LogP contribution < -0.4 is 4.90 Å². The molecule has 1 saturated carbocycles. The number of benzene rings is 1. The van der Waals surface area contributed by atoms with Gasteiger partial charge in [-0.25, -0.2) is 4.98 Å². The molecule has 1 fully saturated rings. The molecule has 3 aromatic heterocycles. The van der Waals surface area contributed by atoms with Crippen LogP contribution >= 0.6 is 23.1 Å². The highest BCUT2D eigenvalue weighted by atomic mass is 32.2. The zero-order chi connectivity index (χ0) is 23.8. The first kappa shape index (κ1) is 22.9. The van der Waals surface area contributed by atoms with Crippen molar-refractivity contribution in [1.82, 2.24) is 19.7 Å². The fourth-order valence-corrected chi connectivity index (χ4v) is 5.47. The van der Waals surface area contributed by atoms with Gasteiger partial charge in [0, 0.05) is 49.1 Å². The third-order valence-corrected chi connectivity index (χ3v) is 7.71. The lowest BCUT2D eigenvalue weighted by Crippen LogP contribution is -2.34. The maximum absolute atomic E-state index is 13.6. The van der Waals surface area contributed by atoms with Crippen LogP contribution in [-0.2, 0) is 20.1 Å². The quantitative estimate of drug-likeness (QED) is 0.305. The number of amides is 1. The van der Waals surface area contributed by atoms with E-state index >= 15 is 0 Å². The molecule has 0 bridgehead atoms. The summed E-state index contributed by atoms with van der Waals surface area (Å²) in [6.07, 6.45) is 4.17. The molecule has 1 aliphatic rings. The van der Waals surface area contributed by atoms with Gasteiger partial charge in [0.25, 0.3) is 5.91 Å². The van der Waals surface area contributed by atoms with Crippen molar-refractivity contribution < 1.29 is 4.79 Å². The Morgan fingerprint density at radius 3 is 2.68 bits per heavy atom. The first-order valence-electron chi connectivity index (χ1n) is 11.4. The van der Waals surface area contributed by atoms with Crippen molar-refractivity contribution in [1.29, 1.82) is 0 Å². The monoisotopic (exact) mass is 491 g/mol. The van der Waals surface area contributed by atoms with Gasteiger partial charge in [-0.1, -0.05) is 6.07 Å². The molecule has 0 spiro atoms. The predicted octanol–water partition coefficient (Wildman–Crippen LogP) is 5.50. The minimum Gasteiger partial charge on any atom is -0.355 e. The number of anilines is 1. The molecule has 0 saturated heterocycles. The number of nitrogens with zero attached hydrogens (tertiary/aromatic N) is 5. The summed E-state index contributed by atoms with van der Waals surface area (Å²) in [6.45, 7) is 3.23. The summed E-state index contributed by atoms with van der Waals surface area (Å²) in [6, 6.07) is 12.9. The number of carbonyl (C=O) groups excluding carboxylic acids is 1. The first-order chi connectivity index (χ1) is 16.4. The number of hydrogen-bond donors (Lipinski definition) is 0. The molecule has 176 valence electrons. The van der Waals surface area contributed by atoms with E-state index in [1.807, 2.05) is 24.9 Å². The van der Waals surface area contributed by atoms with Gasteiger partial charge in [-0.05, 0) is 72.7 Å². The van der Waals surface area contributed by atoms with E-state index in [4.69, 9.17) is 4.98 Å². The van der Waals surface area contributed by atoms with Crippen LogP contribution in [0.4, 0.5) is 5.82 Å². The van der Waals surface area contributed by atoms with E-state index in [1.54, 1.807) is 27.8 Å². The number of rotatable bonds is 8. The Labute approximate surface area is 208 Å². The highest BCUT2D eigenvalue weighted by Crippen LogP contribution is 2.33. The van der Waals surface area contributed by atoms with E-state index in [2.05, 4.69) is 64.4 Å². The van der Waals surface area contributed by atoms with Crippen LogP contribution in [0.3, 0.4) is 0 Å². The summed E-state index contributed by atoms with van der Waals surface area (Å²) in [4.78, 5) is 24.1. The van der Waals surface area contributed by atoms with Crippen molar-refractivity contribution in [3.8, 4) is 0 Å². The second kappa shape index (κ2) is 9.43. The second-order valence-corrected chi connectivity index (χ2v) is 10.6. The summed E-state index contributed by atoms with van der Waals surface area (Å²) in [5.41, 5.74) is 4.81. The van der Waals surface area contributed by atoms with E-state index in [0.29, 0.717) is 12.2 Å². The van der Waals surface area contributed by atoms with Crippen molar-refractivity contribution in [2.24, 2.45) is 7.05 Å². The average molecular weight is 492 g/mol. The highest BCUT2D eigenvalue weighted by Gasteiger charge is 2.35. The molecule has 4 aromatic rings. The van der Waals surface area contributed by atoms with Crippen LogP contribution in [0.1, 0.15) is 40.2 Å². The summed E-state index contributed by atoms with van der Waals surface area (Å²) in [5, 5.41) is 9.77. The lowest BCUT2D eigenvalue weighted by atomic mass is 10.1. The Bertz CT molecular complexity index is 1330. The van der Waals surface area contributed by atoms with Crippen LogP contribution in [0.25, 0.3) is 10.9 Å².